The first-order valence-corrected chi connectivity index (χ1v) is 10.0. The first kappa shape index (κ1) is 24.2. The van der Waals surface area contributed by atoms with Crippen LogP contribution in [0.2, 0.25) is 0 Å². The molecule has 0 radical (unpaired) electrons. The number of hydrogen-bond acceptors (Lipinski definition) is 10. The normalized spacial score (nSPS) is 12.6. The number of para-hydroxylation sites is 1. The van der Waals surface area contributed by atoms with Crippen LogP contribution in [0.5, 0.6) is 0 Å². The van der Waals surface area contributed by atoms with E-state index < -0.39 is 47.0 Å². The Morgan fingerprint density at radius 3 is 2.18 bits per heavy atom. The van der Waals surface area contributed by atoms with Gasteiger partial charge in [-0.1, -0.05) is 6.07 Å². The molecule has 1 heterocycles. The molecule has 2 unspecified atom stereocenters. The van der Waals surface area contributed by atoms with Gasteiger partial charge in [0.2, 0.25) is 5.43 Å². The number of nitrogens with zero attached hydrogens (tertiary/aromatic N) is 1. The van der Waals surface area contributed by atoms with Crippen molar-refractivity contribution in [3.8, 4) is 11.5 Å². The molecule has 12 nitrogen and oxygen atoms in total. The molecule has 2 amide bonds. The Balaban J connectivity index is 2.17. The largest absolute Gasteiger partial charge is 0.467 e. The Hall–Kier alpha value is -4.48. The molecular formula is C22H22N4O8. The van der Waals surface area contributed by atoms with Crippen LogP contribution in [0.25, 0.3) is 22.6 Å². The summed E-state index contributed by atoms with van der Waals surface area (Å²) in [6.07, 6.45) is 0. The van der Waals surface area contributed by atoms with Gasteiger partial charge in [0.1, 0.15) is 23.3 Å². The zero-order valence-electron chi connectivity index (χ0n) is 18.8. The van der Waals surface area contributed by atoms with E-state index in [4.69, 9.17) is 10.2 Å². The Morgan fingerprint density at radius 2 is 1.59 bits per heavy atom. The molecule has 0 bridgehead atoms. The highest BCUT2D eigenvalue weighted by Gasteiger charge is 2.28. The molecule has 0 saturated heterocycles. The van der Waals surface area contributed by atoms with Crippen molar-refractivity contribution in [2.75, 3.05) is 20.0 Å². The van der Waals surface area contributed by atoms with Crippen molar-refractivity contribution in [1.82, 2.24) is 15.6 Å². The van der Waals surface area contributed by atoms with Gasteiger partial charge >= 0.3 is 11.9 Å². The fraction of sp³-hybridized carbons (Fsp3) is 0.273. The third-order valence-corrected chi connectivity index (χ3v) is 4.99. The topological polar surface area (TPSA) is 180 Å². The van der Waals surface area contributed by atoms with Crippen molar-refractivity contribution in [3.63, 3.8) is 0 Å². The number of methoxy groups -OCH3 is 2. The number of carbonyl (C=O) groups is 4. The van der Waals surface area contributed by atoms with Gasteiger partial charge in [0.15, 0.2) is 11.3 Å². The maximum Gasteiger partial charge on any atom is 0.328 e. The fourth-order valence-corrected chi connectivity index (χ4v) is 3.21. The Kier molecular flexibility index (Phi) is 6.80. The molecule has 12 heteroatoms. The summed E-state index contributed by atoms with van der Waals surface area (Å²) in [6.45, 7) is 2.84. The van der Waals surface area contributed by atoms with E-state index in [0.29, 0.717) is 0 Å². The molecule has 4 N–H and O–H groups in total. The van der Waals surface area contributed by atoms with Gasteiger partial charge in [0.25, 0.3) is 11.8 Å². The highest BCUT2D eigenvalue weighted by atomic mass is 16.5. The van der Waals surface area contributed by atoms with E-state index in [2.05, 4.69) is 25.1 Å². The quantitative estimate of drug-likeness (QED) is 0.260. The predicted octanol–water partition coefficient (Wildman–Crippen LogP) is 0.458. The molecule has 3 rings (SSSR count). The van der Waals surface area contributed by atoms with Gasteiger partial charge < -0.3 is 30.3 Å². The van der Waals surface area contributed by atoms with E-state index >= 15 is 0 Å². The SMILES string of the molecule is COC(=O)C(C)NC(=O)c1c2nc3c(C(=O)NC(C)C(=O)OC)cccc3oc-2cc(=O)c1N. The molecular weight excluding hydrogens is 448 g/mol. The molecule has 1 aliphatic carbocycles. The van der Waals surface area contributed by atoms with Gasteiger partial charge in [0.05, 0.1) is 31.0 Å². The standard InChI is InChI=1S/C22H22N4O8/c1-9(21(30)32-3)24-19(28)11-6-5-7-13-17(11)26-18-14(34-13)8-12(27)16(23)15(18)20(29)25-10(2)22(31)33-4/h5-10H,23H2,1-4H3,(H,24,28)(H,25,29). The van der Waals surface area contributed by atoms with Crippen LogP contribution >= 0.6 is 0 Å². The number of nitrogens with one attached hydrogen (secondary N) is 2. The van der Waals surface area contributed by atoms with Crippen molar-refractivity contribution >= 4 is 40.5 Å². The predicted molar refractivity (Wildman–Crippen MR) is 119 cm³/mol. The number of rotatable bonds is 6. The lowest BCUT2D eigenvalue weighted by atomic mass is 10.0. The van der Waals surface area contributed by atoms with Gasteiger partial charge in [-0.3, -0.25) is 14.4 Å². The molecule has 1 aliphatic heterocycles. The molecule has 2 aliphatic rings. The van der Waals surface area contributed by atoms with Crippen molar-refractivity contribution < 1.29 is 33.1 Å². The van der Waals surface area contributed by atoms with E-state index in [1.165, 1.54) is 39.2 Å². The van der Waals surface area contributed by atoms with Crippen LogP contribution in [0.1, 0.15) is 34.6 Å². The highest BCUT2D eigenvalue weighted by Crippen LogP contribution is 2.30. The number of nitrogens with two attached hydrogens (primary N) is 1. The second kappa shape index (κ2) is 9.57. The minimum Gasteiger partial charge on any atom is -0.467 e. The van der Waals surface area contributed by atoms with E-state index in [9.17, 15) is 24.0 Å². The summed E-state index contributed by atoms with van der Waals surface area (Å²) in [7, 11) is 2.35. The Labute approximate surface area is 192 Å². The summed E-state index contributed by atoms with van der Waals surface area (Å²) in [5.41, 5.74) is 4.61. The van der Waals surface area contributed by atoms with Gasteiger partial charge in [0, 0.05) is 6.07 Å². The van der Waals surface area contributed by atoms with E-state index in [1.54, 1.807) is 0 Å². The van der Waals surface area contributed by atoms with Gasteiger partial charge in [-0.15, -0.1) is 0 Å². The van der Waals surface area contributed by atoms with Crippen LogP contribution < -0.4 is 21.8 Å². The third-order valence-electron chi connectivity index (χ3n) is 4.99. The van der Waals surface area contributed by atoms with E-state index in [1.807, 2.05) is 0 Å². The third kappa shape index (κ3) is 4.51. The van der Waals surface area contributed by atoms with Gasteiger partial charge in [-0.05, 0) is 26.0 Å². The monoisotopic (exact) mass is 470 g/mol. The lowest BCUT2D eigenvalue weighted by Crippen LogP contribution is -2.40. The minimum absolute atomic E-state index is 0.0398. The maximum absolute atomic E-state index is 12.9. The summed E-state index contributed by atoms with van der Waals surface area (Å²) < 4.78 is 14.9. The van der Waals surface area contributed by atoms with Crippen LogP contribution in [0.3, 0.4) is 0 Å². The van der Waals surface area contributed by atoms with E-state index in [0.717, 1.165) is 13.2 Å². The Morgan fingerprint density at radius 1 is 1.00 bits per heavy atom. The summed E-state index contributed by atoms with van der Waals surface area (Å²) in [5.74, 6) is -2.92. The number of anilines is 1. The molecule has 0 spiro atoms. The second-order valence-corrected chi connectivity index (χ2v) is 7.31. The molecule has 0 saturated carbocycles. The zero-order chi connectivity index (χ0) is 25.2. The molecule has 34 heavy (non-hydrogen) atoms. The van der Waals surface area contributed by atoms with Crippen LogP contribution in [0.15, 0.2) is 33.5 Å². The lowest BCUT2D eigenvalue weighted by Gasteiger charge is -2.17. The summed E-state index contributed by atoms with van der Waals surface area (Å²) in [5, 5.41) is 4.88. The van der Waals surface area contributed by atoms with E-state index in [-0.39, 0.29) is 33.7 Å². The average Bonchev–Trinajstić information content (AvgIpc) is 2.81. The number of aromatic nitrogens is 1. The van der Waals surface area contributed by atoms with Gasteiger partial charge in [-0.2, -0.15) is 0 Å². The van der Waals surface area contributed by atoms with Crippen molar-refractivity contribution in [2.24, 2.45) is 0 Å². The highest BCUT2D eigenvalue weighted by molar-refractivity contribution is 6.08. The number of esters is 2. The summed E-state index contributed by atoms with van der Waals surface area (Å²) >= 11 is 0. The first-order valence-electron chi connectivity index (χ1n) is 10.0. The smallest absolute Gasteiger partial charge is 0.328 e. The number of hydrogen-bond donors (Lipinski definition) is 3. The fourth-order valence-electron chi connectivity index (χ4n) is 3.21. The van der Waals surface area contributed by atoms with Crippen molar-refractivity contribution in [2.45, 2.75) is 25.9 Å². The second-order valence-electron chi connectivity index (χ2n) is 7.31. The number of nitrogen functional groups attached to an aromatic ring is 1. The molecule has 1 aromatic rings. The first-order chi connectivity index (χ1) is 16.1. The van der Waals surface area contributed by atoms with Crippen LogP contribution in [-0.4, -0.2) is 55.0 Å². The van der Waals surface area contributed by atoms with Crippen LogP contribution in [0, 0.1) is 0 Å². The van der Waals surface area contributed by atoms with Crippen LogP contribution in [-0.2, 0) is 19.1 Å². The number of fused-ring (bicyclic) bond motifs is 2. The average molecular weight is 470 g/mol. The summed E-state index contributed by atoms with van der Waals surface area (Å²) in [6, 6.07) is 3.58. The molecule has 1 aromatic carbocycles. The number of benzene rings is 2. The summed E-state index contributed by atoms with van der Waals surface area (Å²) in [4.78, 5) is 65.9. The maximum atomic E-state index is 12.9. The molecule has 0 fully saturated rings. The lowest BCUT2D eigenvalue weighted by molar-refractivity contribution is -0.143. The van der Waals surface area contributed by atoms with Gasteiger partial charge in [-0.25, -0.2) is 14.6 Å². The van der Waals surface area contributed by atoms with Crippen molar-refractivity contribution in [1.29, 1.82) is 0 Å². The molecule has 178 valence electrons. The van der Waals surface area contributed by atoms with Crippen molar-refractivity contribution in [3.05, 3.63) is 45.6 Å². The molecule has 0 aromatic heterocycles. The number of carbonyl (C=O) groups excluding carboxylic acids is 4. The van der Waals surface area contributed by atoms with Crippen LogP contribution in [0.4, 0.5) is 5.69 Å². The zero-order valence-corrected chi connectivity index (χ0v) is 18.8. The molecule has 2 atom stereocenters. The Bertz CT molecular complexity index is 1330. The minimum atomic E-state index is -1.04. The number of amides is 2. The number of ether oxygens (including phenoxy) is 2.